The Morgan fingerprint density at radius 3 is 2.41 bits per heavy atom. The highest BCUT2D eigenvalue weighted by molar-refractivity contribution is 7.19. The van der Waals surface area contributed by atoms with Crippen molar-refractivity contribution in [1.29, 1.82) is 0 Å². The van der Waals surface area contributed by atoms with Crippen LogP contribution in [0.3, 0.4) is 0 Å². The maximum atomic E-state index is 6.33. The highest BCUT2D eigenvalue weighted by Crippen LogP contribution is 2.20. The van der Waals surface area contributed by atoms with E-state index >= 15 is 0 Å². The summed E-state index contributed by atoms with van der Waals surface area (Å²) in [6, 6.07) is 16.5. The average molecular weight is 263 g/mol. The van der Waals surface area contributed by atoms with Gasteiger partial charge in [-0.05, 0) is 28.8 Å². The van der Waals surface area contributed by atoms with Crippen molar-refractivity contribution in [3.63, 3.8) is 0 Å². The molecular formula is C15H19ClSi. The largest absolute Gasteiger partial charge is 0.168 e. The van der Waals surface area contributed by atoms with Crippen LogP contribution in [0.5, 0.6) is 0 Å². The van der Waals surface area contributed by atoms with Gasteiger partial charge < -0.3 is 0 Å². The molecule has 2 aromatic carbocycles. The quantitative estimate of drug-likeness (QED) is 0.524. The van der Waals surface area contributed by atoms with Gasteiger partial charge in [0.25, 0.3) is 0 Å². The SMILES string of the molecule is C[Si](C)(Cl)CCCc1ccc2ccccc2c1. The van der Waals surface area contributed by atoms with E-state index in [4.69, 9.17) is 11.1 Å². The molecule has 0 heterocycles. The zero-order chi connectivity index (χ0) is 12.3. The molecular weight excluding hydrogens is 244 g/mol. The van der Waals surface area contributed by atoms with Crippen molar-refractivity contribution in [3.05, 3.63) is 48.0 Å². The Morgan fingerprint density at radius 2 is 1.71 bits per heavy atom. The Balaban J connectivity index is 2.04. The minimum absolute atomic E-state index is 1.15. The fourth-order valence-corrected chi connectivity index (χ4v) is 3.53. The van der Waals surface area contributed by atoms with E-state index in [1.54, 1.807) is 0 Å². The summed E-state index contributed by atoms with van der Waals surface area (Å²) >= 11 is 6.33. The van der Waals surface area contributed by atoms with Gasteiger partial charge in [-0.15, -0.1) is 0 Å². The van der Waals surface area contributed by atoms with Crippen molar-refractivity contribution in [2.45, 2.75) is 32.0 Å². The van der Waals surface area contributed by atoms with E-state index in [0.29, 0.717) is 0 Å². The van der Waals surface area contributed by atoms with Crippen molar-refractivity contribution >= 4 is 29.2 Å². The Hall–Kier alpha value is -0.793. The molecule has 0 unspecified atom stereocenters. The fraction of sp³-hybridized carbons (Fsp3) is 0.333. The van der Waals surface area contributed by atoms with E-state index in [-0.39, 0.29) is 0 Å². The Bertz CT molecular complexity index is 499. The highest BCUT2D eigenvalue weighted by Gasteiger charge is 2.15. The molecule has 17 heavy (non-hydrogen) atoms. The van der Waals surface area contributed by atoms with Crippen LogP contribution in [0.2, 0.25) is 19.1 Å². The van der Waals surface area contributed by atoms with Gasteiger partial charge in [-0.3, -0.25) is 0 Å². The maximum absolute atomic E-state index is 6.33. The van der Waals surface area contributed by atoms with Crippen LogP contribution in [0.15, 0.2) is 42.5 Å². The zero-order valence-electron chi connectivity index (χ0n) is 10.5. The predicted octanol–water partition coefficient (Wildman–Crippen LogP) is 5.22. The molecule has 0 fully saturated rings. The maximum Gasteiger partial charge on any atom is 0.150 e. The van der Waals surface area contributed by atoms with Gasteiger partial charge in [0.1, 0.15) is 0 Å². The molecule has 0 aliphatic heterocycles. The van der Waals surface area contributed by atoms with Gasteiger partial charge in [0, 0.05) is 0 Å². The van der Waals surface area contributed by atoms with Crippen LogP contribution in [-0.4, -0.2) is 7.38 Å². The first-order valence-electron chi connectivity index (χ1n) is 6.21. The van der Waals surface area contributed by atoms with E-state index < -0.39 is 7.38 Å². The lowest BCUT2D eigenvalue weighted by Crippen LogP contribution is -2.15. The number of aryl methyl sites for hydroxylation is 1. The second-order valence-corrected chi connectivity index (χ2v) is 12.3. The number of benzene rings is 2. The smallest absolute Gasteiger partial charge is 0.150 e. The van der Waals surface area contributed by atoms with Gasteiger partial charge >= 0.3 is 0 Å². The molecule has 2 aromatic rings. The van der Waals surface area contributed by atoms with Gasteiger partial charge in [0.05, 0.1) is 0 Å². The van der Waals surface area contributed by atoms with Gasteiger partial charge in [-0.1, -0.05) is 62.0 Å². The standard InChI is InChI=1S/C15H19ClSi/c1-17(2,16)11-5-6-13-9-10-14-7-3-4-8-15(14)12-13/h3-4,7-10,12H,5-6,11H2,1-2H3. The molecule has 0 spiro atoms. The van der Waals surface area contributed by atoms with Crippen molar-refractivity contribution in [3.8, 4) is 0 Å². The highest BCUT2D eigenvalue weighted by atomic mass is 35.6. The summed E-state index contributed by atoms with van der Waals surface area (Å²) in [7, 11) is -1.39. The Labute approximate surface area is 109 Å². The molecule has 0 aliphatic rings. The molecule has 0 bridgehead atoms. The summed E-state index contributed by atoms with van der Waals surface area (Å²) in [4.78, 5) is 0. The molecule has 0 N–H and O–H groups in total. The third kappa shape index (κ3) is 3.86. The van der Waals surface area contributed by atoms with E-state index in [2.05, 4.69) is 55.6 Å². The Kier molecular flexibility index (Phi) is 3.90. The van der Waals surface area contributed by atoms with Crippen molar-refractivity contribution in [2.24, 2.45) is 0 Å². The summed E-state index contributed by atoms with van der Waals surface area (Å²) in [5.74, 6) is 0. The van der Waals surface area contributed by atoms with Crippen LogP contribution < -0.4 is 0 Å². The molecule has 0 radical (unpaired) electrons. The normalized spacial score (nSPS) is 11.9. The number of halogens is 1. The van der Waals surface area contributed by atoms with Crippen molar-refractivity contribution in [1.82, 2.24) is 0 Å². The first kappa shape index (κ1) is 12.7. The molecule has 0 aliphatic carbocycles. The predicted molar refractivity (Wildman–Crippen MR) is 80.4 cm³/mol. The molecule has 0 nitrogen and oxygen atoms in total. The summed E-state index contributed by atoms with van der Waals surface area (Å²) in [5, 5.41) is 2.66. The Morgan fingerprint density at radius 1 is 1.00 bits per heavy atom. The minimum Gasteiger partial charge on any atom is -0.168 e. The third-order valence-corrected chi connectivity index (χ3v) is 5.16. The molecule has 0 saturated carbocycles. The van der Waals surface area contributed by atoms with E-state index in [9.17, 15) is 0 Å². The van der Waals surface area contributed by atoms with Crippen molar-refractivity contribution < 1.29 is 0 Å². The topological polar surface area (TPSA) is 0 Å². The lowest BCUT2D eigenvalue weighted by molar-refractivity contribution is 0.908. The zero-order valence-corrected chi connectivity index (χ0v) is 12.3. The summed E-state index contributed by atoms with van der Waals surface area (Å²) in [6.45, 7) is 4.43. The number of rotatable bonds is 4. The second-order valence-electron chi connectivity index (χ2n) is 5.25. The van der Waals surface area contributed by atoms with Gasteiger partial charge in [0.15, 0.2) is 7.38 Å². The molecule has 2 rings (SSSR count). The van der Waals surface area contributed by atoms with Crippen LogP contribution >= 0.6 is 11.1 Å². The molecule has 0 amide bonds. The second kappa shape index (κ2) is 5.24. The van der Waals surface area contributed by atoms with Gasteiger partial charge in [0.2, 0.25) is 0 Å². The van der Waals surface area contributed by atoms with Crippen LogP contribution in [0, 0.1) is 0 Å². The first-order chi connectivity index (χ1) is 8.04. The number of fused-ring (bicyclic) bond motifs is 1. The lowest BCUT2D eigenvalue weighted by Gasteiger charge is -2.12. The third-order valence-electron chi connectivity index (χ3n) is 3.05. The van der Waals surface area contributed by atoms with E-state index in [1.165, 1.54) is 28.8 Å². The van der Waals surface area contributed by atoms with Gasteiger partial charge in [-0.25, -0.2) is 0 Å². The van der Waals surface area contributed by atoms with Crippen LogP contribution in [0.4, 0.5) is 0 Å². The summed E-state index contributed by atoms with van der Waals surface area (Å²) in [5.41, 5.74) is 1.43. The van der Waals surface area contributed by atoms with Gasteiger partial charge in [-0.2, -0.15) is 11.1 Å². The van der Waals surface area contributed by atoms with E-state index in [0.717, 1.165) is 6.42 Å². The molecule has 2 heteroatoms. The van der Waals surface area contributed by atoms with Crippen LogP contribution in [0.25, 0.3) is 10.8 Å². The van der Waals surface area contributed by atoms with Crippen molar-refractivity contribution in [2.75, 3.05) is 0 Å². The average Bonchev–Trinajstić information content (AvgIpc) is 2.27. The first-order valence-corrected chi connectivity index (χ1v) is 10.4. The van der Waals surface area contributed by atoms with Crippen LogP contribution in [-0.2, 0) is 6.42 Å². The fourth-order valence-electron chi connectivity index (χ4n) is 2.11. The van der Waals surface area contributed by atoms with E-state index in [1.807, 2.05) is 0 Å². The minimum atomic E-state index is -1.39. The molecule has 90 valence electrons. The molecule has 0 aromatic heterocycles. The monoisotopic (exact) mass is 262 g/mol. The number of hydrogen-bond acceptors (Lipinski definition) is 0. The van der Waals surface area contributed by atoms with Crippen LogP contribution in [0.1, 0.15) is 12.0 Å². The summed E-state index contributed by atoms with van der Waals surface area (Å²) in [6.07, 6.45) is 2.36. The summed E-state index contributed by atoms with van der Waals surface area (Å²) < 4.78 is 0. The number of hydrogen-bond donors (Lipinski definition) is 0. The molecule has 0 atom stereocenters. The molecule has 0 saturated heterocycles. The lowest BCUT2D eigenvalue weighted by atomic mass is 10.0.